The lowest BCUT2D eigenvalue weighted by atomic mass is 10.3. The molecule has 0 atom stereocenters. The number of aromatic nitrogens is 2. The first kappa shape index (κ1) is 15.9. The molecule has 0 spiro atoms. The Balaban J connectivity index is 2.37. The summed E-state index contributed by atoms with van der Waals surface area (Å²) in [6, 6.07) is 1.44. The summed E-state index contributed by atoms with van der Waals surface area (Å²) >= 11 is 0. The Bertz CT molecular complexity index is 537. The third-order valence-corrected chi connectivity index (χ3v) is 2.37. The van der Waals surface area contributed by atoms with Crippen molar-refractivity contribution in [3.8, 4) is 0 Å². The summed E-state index contributed by atoms with van der Waals surface area (Å²) in [7, 11) is 0. The minimum absolute atomic E-state index is 0.158. The van der Waals surface area contributed by atoms with Gasteiger partial charge in [0.05, 0.1) is 13.0 Å². The number of ether oxygens (including phenoxy) is 1. The van der Waals surface area contributed by atoms with Crippen LogP contribution in [0.4, 0.5) is 0 Å². The zero-order chi connectivity index (χ0) is 15.0. The number of nitrogens with zero attached hydrogens (tertiary/aromatic N) is 2. The molecule has 0 saturated heterocycles. The number of aryl methyl sites for hydroxylation is 1. The fourth-order valence-electron chi connectivity index (χ4n) is 1.59. The number of aromatic amines is 1. The topological polar surface area (TPSA) is 96.4 Å². The van der Waals surface area contributed by atoms with Crippen LogP contribution >= 0.6 is 0 Å². The molecule has 7 nitrogen and oxygen atoms in total. The molecule has 7 heteroatoms. The Kier molecular flexibility index (Phi) is 6.42. The molecule has 0 unspecified atom stereocenters. The molecule has 1 aromatic rings. The van der Waals surface area contributed by atoms with Crippen LogP contribution in [0.15, 0.2) is 16.0 Å². The largest absolute Gasteiger partial charge is 0.466 e. The lowest BCUT2D eigenvalue weighted by molar-refractivity contribution is -0.141. The lowest BCUT2D eigenvalue weighted by Crippen LogP contribution is -2.18. The van der Waals surface area contributed by atoms with Crippen molar-refractivity contribution >= 4 is 11.7 Å². The van der Waals surface area contributed by atoms with Gasteiger partial charge in [0.2, 0.25) is 0 Å². The van der Waals surface area contributed by atoms with Crippen LogP contribution in [0, 0.1) is 6.92 Å². The van der Waals surface area contributed by atoms with E-state index in [0.717, 1.165) is 0 Å². The van der Waals surface area contributed by atoms with Crippen molar-refractivity contribution < 1.29 is 9.53 Å². The molecular weight excluding hydrogens is 260 g/mol. The quantitative estimate of drug-likeness (QED) is 0.329. The van der Waals surface area contributed by atoms with E-state index in [4.69, 9.17) is 4.74 Å². The maximum Gasteiger partial charge on any atom is 0.311 e. The minimum atomic E-state index is -0.291. The van der Waals surface area contributed by atoms with Crippen molar-refractivity contribution in [2.45, 2.75) is 33.6 Å². The molecule has 0 amide bonds. The third-order valence-electron chi connectivity index (χ3n) is 2.37. The van der Waals surface area contributed by atoms with E-state index >= 15 is 0 Å². The average molecular weight is 280 g/mol. The van der Waals surface area contributed by atoms with Gasteiger partial charge in [0, 0.05) is 30.4 Å². The number of nitrogens with one attached hydrogen (secondary N) is 2. The van der Waals surface area contributed by atoms with Gasteiger partial charge in [-0.25, -0.2) is 4.98 Å². The van der Waals surface area contributed by atoms with Gasteiger partial charge in [-0.3, -0.25) is 9.59 Å². The summed E-state index contributed by atoms with van der Waals surface area (Å²) in [4.78, 5) is 29.3. The standard InChI is InChI=1S/C13H20N4O3/c1-4-20-13(19)8-10(3)17-14-6-5-11-15-9(2)7-12(18)16-11/h7,14H,4-6,8H2,1-3H3,(H,15,16,18). The molecule has 2 N–H and O–H groups in total. The van der Waals surface area contributed by atoms with E-state index in [0.29, 0.717) is 36.8 Å². The number of hydrogen-bond donors (Lipinski definition) is 2. The van der Waals surface area contributed by atoms with Crippen molar-refractivity contribution in [1.29, 1.82) is 0 Å². The highest BCUT2D eigenvalue weighted by atomic mass is 16.5. The molecule has 110 valence electrons. The summed E-state index contributed by atoms with van der Waals surface area (Å²) < 4.78 is 4.82. The van der Waals surface area contributed by atoms with Gasteiger partial charge in [0.25, 0.3) is 5.56 Å². The summed E-state index contributed by atoms with van der Waals surface area (Å²) in [6.07, 6.45) is 0.716. The molecule has 0 aliphatic rings. The van der Waals surface area contributed by atoms with Crippen molar-refractivity contribution in [2.75, 3.05) is 13.2 Å². The molecule has 0 aromatic carbocycles. The average Bonchev–Trinajstić information content (AvgIpc) is 2.33. The Morgan fingerprint density at radius 3 is 2.95 bits per heavy atom. The van der Waals surface area contributed by atoms with E-state index in [1.807, 2.05) is 0 Å². The molecule has 0 saturated carbocycles. The first-order chi connectivity index (χ1) is 9.51. The molecule has 0 fully saturated rings. The Hall–Kier alpha value is -2.18. The second-order valence-corrected chi connectivity index (χ2v) is 4.32. The van der Waals surface area contributed by atoms with E-state index in [2.05, 4.69) is 20.5 Å². The number of hydrogen-bond acceptors (Lipinski definition) is 6. The smallest absolute Gasteiger partial charge is 0.311 e. The Morgan fingerprint density at radius 2 is 2.30 bits per heavy atom. The number of esters is 1. The fraction of sp³-hybridized carbons (Fsp3) is 0.538. The lowest BCUT2D eigenvalue weighted by Gasteiger charge is -2.04. The Morgan fingerprint density at radius 1 is 1.55 bits per heavy atom. The van der Waals surface area contributed by atoms with Gasteiger partial charge in [-0.15, -0.1) is 0 Å². The van der Waals surface area contributed by atoms with Gasteiger partial charge >= 0.3 is 5.97 Å². The summed E-state index contributed by atoms with van der Waals surface area (Å²) in [6.45, 7) is 6.17. The molecule has 1 heterocycles. The maximum absolute atomic E-state index is 11.2. The van der Waals surface area contributed by atoms with Crippen LogP contribution in [-0.2, 0) is 16.0 Å². The highest BCUT2D eigenvalue weighted by Gasteiger charge is 2.03. The van der Waals surface area contributed by atoms with Crippen molar-refractivity contribution in [1.82, 2.24) is 15.4 Å². The third kappa shape index (κ3) is 6.12. The molecule has 0 aliphatic carbocycles. The van der Waals surface area contributed by atoms with Crippen LogP contribution in [-0.4, -0.2) is 34.8 Å². The van der Waals surface area contributed by atoms with Crippen molar-refractivity contribution in [3.63, 3.8) is 0 Å². The van der Waals surface area contributed by atoms with Gasteiger partial charge in [0.1, 0.15) is 5.82 Å². The molecular formula is C13H20N4O3. The number of H-pyrrole nitrogens is 1. The van der Waals surface area contributed by atoms with Gasteiger partial charge in [-0.1, -0.05) is 0 Å². The molecule has 20 heavy (non-hydrogen) atoms. The Labute approximate surface area is 117 Å². The van der Waals surface area contributed by atoms with Gasteiger partial charge < -0.3 is 15.1 Å². The van der Waals surface area contributed by atoms with E-state index < -0.39 is 0 Å². The van der Waals surface area contributed by atoms with E-state index in [-0.39, 0.29) is 17.9 Å². The van der Waals surface area contributed by atoms with Crippen molar-refractivity contribution in [3.05, 3.63) is 27.9 Å². The van der Waals surface area contributed by atoms with Crippen LogP contribution in [0.3, 0.4) is 0 Å². The fourth-order valence-corrected chi connectivity index (χ4v) is 1.59. The normalized spacial score (nSPS) is 11.2. The van der Waals surface area contributed by atoms with Gasteiger partial charge in [0.15, 0.2) is 0 Å². The number of rotatable bonds is 7. The predicted octanol–water partition coefficient (Wildman–Crippen LogP) is 0.540. The van der Waals surface area contributed by atoms with Gasteiger partial charge in [-0.05, 0) is 20.8 Å². The highest BCUT2D eigenvalue weighted by molar-refractivity contribution is 5.97. The summed E-state index contributed by atoms with van der Waals surface area (Å²) in [5.74, 6) is 0.320. The zero-order valence-electron chi connectivity index (χ0n) is 12.0. The predicted molar refractivity (Wildman–Crippen MR) is 75.7 cm³/mol. The zero-order valence-corrected chi connectivity index (χ0v) is 12.0. The molecule has 0 aliphatic heterocycles. The summed E-state index contributed by atoms with van der Waals surface area (Å²) in [5.41, 5.74) is 4.01. The molecule has 1 aromatic heterocycles. The second kappa shape index (κ2) is 8.08. The van der Waals surface area contributed by atoms with Crippen LogP contribution in [0.5, 0.6) is 0 Å². The first-order valence-corrected chi connectivity index (χ1v) is 6.49. The van der Waals surface area contributed by atoms with Crippen LogP contribution < -0.4 is 11.0 Å². The van der Waals surface area contributed by atoms with E-state index in [1.165, 1.54) is 6.07 Å². The molecule has 0 radical (unpaired) electrons. The van der Waals surface area contributed by atoms with Gasteiger partial charge in [-0.2, -0.15) is 5.10 Å². The SMILES string of the molecule is CCOC(=O)CC(C)=NNCCc1nc(C)cc(=O)[nH]1. The number of hydrazone groups is 1. The highest BCUT2D eigenvalue weighted by Crippen LogP contribution is 1.92. The van der Waals surface area contributed by atoms with Crippen LogP contribution in [0.1, 0.15) is 31.8 Å². The van der Waals surface area contributed by atoms with Crippen LogP contribution in [0.25, 0.3) is 0 Å². The first-order valence-electron chi connectivity index (χ1n) is 6.49. The van der Waals surface area contributed by atoms with E-state index in [1.54, 1.807) is 20.8 Å². The number of carbonyl (C=O) groups is 1. The summed E-state index contributed by atoms with van der Waals surface area (Å²) in [5, 5.41) is 4.05. The van der Waals surface area contributed by atoms with E-state index in [9.17, 15) is 9.59 Å². The van der Waals surface area contributed by atoms with Crippen LogP contribution in [0.2, 0.25) is 0 Å². The second-order valence-electron chi connectivity index (χ2n) is 4.32. The number of carbonyl (C=O) groups excluding carboxylic acids is 1. The molecule has 0 bridgehead atoms. The monoisotopic (exact) mass is 280 g/mol. The van der Waals surface area contributed by atoms with Crippen molar-refractivity contribution in [2.24, 2.45) is 5.10 Å². The maximum atomic E-state index is 11.2. The minimum Gasteiger partial charge on any atom is -0.466 e. The molecule has 1 rings (SSSR count).